The highest BCUT2D eigenvalue weighted by atomic mass is 32.2. The van der Waals surface area contributed by atoms with Gasteiger partial charge in [-0.15, -0.1) is 0 Å². The number of likely N-dealkylation sites (N-methyl/N-ethyl adjacent to an activating group) is 1. The smallest absolute Gasteiger partial charge is 0.325 e. The number of aryl methyl sites for hydroxylation is 1. The Morgan fingerprint density at radius 1 is 0.943 bits per heavy atom. The summed E-state index contributed by atoms with van der Waals surface area (Å²) in [5.74, 6) is -3.37. The number of carbonyl (C=O) groups is 2. The van der Waals surface area contributed by atoms with Crippen molar-refractivity contribution in [3.05, 3.63) is 95.3 Å². The zero-order valence-corrected chi connectivity index (χ0v) is 19.6. The molecule has 0 fully saturated rings. The molecule has 0 aromatic heterocycles. The molecule has 0 bridgehead atoms. The minimum atomic E-state index is -4.29. The Bertz CT molecular complexity index is 1350. The van der Waals surface area contributed by atoms with Gasteiger partial charge in [0.2, 0.25) is 5.91 Å². The van der Waals surface area contributed by atoms with Crippen molar-refractivity contribution in [2.24, 2.45) is 0 Å². The van der Waals surface area contributed by atoms with Crippen LogP contribution in [0.25, 0.3) is 0 Å². The first-order valence-electron chi connectivity index (χ1n) is 10.3. The maximum absolute atomic E-state index is 14.2. The molecule has 2 N–H and O–H groups in total. The van der Waals surface area contributed by atoms with E-state index in [-0.39, 0.29) is 16.1 Å². The van der Waals surface area contributed by atoms with Crippen LogP contribution in [-0.2, 0) is 21.2 Å². The second kappa shape index (κ2) is 10.6. The summed E-state index contributed by atoms with van der Waals surface area (Å²) in [6.07, 6.45) is -0.399. The first-order chi connectivity index (χ1) is 16.5. The fourth-order valence-corrected chi connectivity index (χ4v) is 4.63. The average Bonchev–Trinajstić information content (AvgIpc) is 2.77. The number of carbonyl (C=O) groups excluding carboxylic acids is 2. The van der Waals surface area contributed by atoms with Crippen LogP contribution < -0.4 is 14.9 Å². The molecule has 0 aliphatic carbocycles. The van der Waals surface area contributed by atoms with Crippen LogP contribution in [0.1, 0.15) is 11.1 Å². The molecule has 0 saturated heterocycles. The molecule has 3 amide bonds. The van der Waals surface area contributed by atoms with Gasteiger partial charge in [-0.3, -0.25) is 4.79 Å². The van der Waals surface area contributed by atoms with E-state index in [1.807, 2.05) is 4.72 Å². The largest absolute Gasteiger partial charge is 0.329 e. The zero-order chi connectivity index (χ0) is 25.8. The lowest BCUT2D eigenvalue weighted by Gasteiger charge is -2.25. The lowest BCUT2D eigenvalue weighted by molar-refractivity contribution is -0.120. The molecule has 0 aliphatic rings. The SMILES string of the molecule is Cc1ccccc1S(=O)(=O)NC(=O)NC(Cc1cc(F)cc(F)c1)C(=O)N(C)c1ccccc1F. The summed E-state index contributed by atoms with van der Waals surface area (Å²) in [6, 6.07) is 11.2. The molecule has 7 nitrogen and oxygen atoms in total. The van der Waals surface area contributed by atoms with E-state index in [4.69, 9.17) is 0 Å². The monoisotopic (exact) mass is 505 g/mol. The van der Waals surface area contributed by atoms with Crippen LogP contribution in [-0.4, -0.2) is 33.4 Å². The third-order valence-corrected chi connectivity index (χ3v) is 6.61. The van der Waals surface area contributed by atoms with Gasteiger partial charge in [-0.1, -0.05) is 30.3 Å². The van der Waals surface area contributed by atoms with E-state index in [1.54, 1.807) is 19.1 Å². The van der Waals surface area contributed by atoms with Gasteiger partial charge in [0.1, 0.15) is 23.5 Å². The van der Waals surface area contributed by atoms with Gasteiger partial charge in [-0.25, -0.2) is 31.1 Å². The van der Waals surface area contributed by atoms with E-state index in [0.717, 1.165) is 23.1 Å². The van der Waals surface area contributed by atoms with Gasteiger partial charge >= 0.3 is 6.03 Å². The summed E-state index contributed by atoms with van der Waals surface area (Å²) >= 11 is 0. The Balaban J connectivity index is 1.88. The molecule has 35 heavy (non-hydrogen) atoms. The average molecular weight is 506 g/mol. The van der Waals surface area contributed by atoms with Gasteiger partial charge in [0.25, 0.3) is 10.0 Å². The van der Waals surface area contributed by atoms with Crippen molar-refractivity contribution in [1.29, 1.82) is 0 Å². The Morgan fingerprint density at radius 3 is 2.17 bits per heavy atom. The van der Waals surface area contributed by atoms with Crippen LogP contribution >= 0.6 is 0 Å². The van der Waals surface area contributed by atoms with Crippen LogP contribution in [0.3, 0.4) is 0 Å². The van der Waals surface area contributed by atoms with Gasteiger partial charge in [-0.2, -0.15) is 0 Å². The van der Waals surface area contributed by atoms with Crippen molar-refractivity contribution in [2.75, 3.05) is 11.9 Å². The van der Waals surface area contributed by atoms with Crippen molar-refractivity contribution >= 4 is 27.6 Å². The molecule has 184 valence electrons. The Kier molecular flexibility index (Phi) is 7.80. The fraction of sp³-hybridized carbons (Fsp3) is 0.167. The molecule has 1 unspecified atom stereocenters. The molecule has 0 aliphatic heterocycles. The summed E-state index contributed by atoms with van der Waals surface area (Å²) in [4.78, 5) is 26.6. The number of rotatable bonds is 7. The Hall–Kier alpha value is -3.86. The van der Waals surface area contributed by atoms with E-state index >= 15 is 0 Å². The number of sulfonamides is 1. The summed E-state index contributed by atoms with van der Waals surface area (Å²) in [5.41, 5.74) is 0.294. The van der Waals surface area contributed by atoms with Crippen molar-refractivity contribution < 1.29 is 31.2 Å². The third kappa shape index (κ3) is 6.38. The van der Waals surface area contributed by atoms with Gasteiger partial charge < -0.3 is 10.2 Å². The molecule has 0 saturated carbocycles. The molecular weight excluding hydrogens is 483 g/mol. The van der Waals surface area contributed by atoms with Crippen molar-refractivity contribution in [2.45, 2.75) is 24.3 Å². The number of amides is 3. The standard InChI is InChI=1S/C24H22F3N3O4S/c1-15-7-3-6-10-22(15)35(33,34)29-24(32)28-20(13-16-11-17(25)14-18(26)12-16)23(31)30(2)21-9-5-4-8-19(21)27/h3-12,14,20H,13H2,1-2H3,(H2,28,29,32). The minimum absolute atomic E-state index is 0.0184. The molecule has 0 spiro atoms. The maximum Gasteiger partial charge on any atom is 0.329 e. The maximum atomic E-state index is 14.2. The third-order valence-electron chi connectivity index (χ3n) is 5.12. The lowest BCUT2D eigenvalue weighted by atomic mass is 10.0. The van der Waals surface area contributed by atoms with Crippen LogP contribution in [0.2, 0.25) is 0 Å². The predicted molar refractivity (Wildman–Crippen MR) is 124 cm³/mol. The molecular formula is C24H22F3N3O4S. The van der Waals surface area contributed by atoms with Gasteiger partial charge in [0.05, 0.1) is 10.6 Å². The normalized spacial score (nSPS) is 12.0. The summed E-state index contributed by atoms with van der Waals surface area (Å²) in [6.45, 7) is 1.54. The highest BCUT2D eigenvalue weighted by molar-refractivity contribution is 7.90. The number of hydrogen-bond acceptors (Lipinski definition) is 4. The second-order valence-corrected chi connectivity index (χ2v) is 9.38. The molecule has 3 rings (SSSR count). The van der Waals surface area contributed by atoms with Crippen molar-refractivity contribution in [3.8, 4) is 0 Å². The second-order valence-electron chi connectivity index (χ2n) is 7.73. The van der Waals surface area contributed by atoms with E-state index < -0.39 is 51.9 Å². The first-order valence-corrected chi connectivity index (χ1v) is 11.8. The molecule has 0 radical (unpaired) electrons. The number of nitrogens with one attached hydrogen (secondary N) is 2. The van der Waals surface area contributed by atoms with E-state index in [0.29, 0.717) is 11.6 Å². The zero-order valence-electron chi connectivity index (χ0n) is 18.8. The number of nitrogens with zero attached hydrogens (tertiary/aromatic N) is 1. The number of urea groups is 1. The van der Waals surface area contributed by atoms with Crippen LogP contribution in [0.4, 0.5) is 23.7 Å². The number of hydrogen-bond donors (Lipinski definition) is 2. The molecule has 3 aromatic rings. The number of benzene rings is 3. The highest BCUT2D eigenvalue weighted by Gasteiger charge is 2.29. The predicted octanol–water partition coefficient (Wildman–Crippen LogP) is 3.67. The van der Waals surface area contributed by atoms with Gasteiger partial charge in [0, 0.05) is 19.5 Å². The Labute approximate surface area is 200 Å². The van der Waals surface area contributed by atoms with Gasteiger partial charge in [0.15, 0.2) is 0 Å². The summed E-state index contributed by atoms with van der Waals surface area (Å²) in [7, 11) is -3.04. The minimum Gasteiger partial charge on any atom is -0.325 e. The Morgan fingerprint density at radius 2 is 1.54 bits per heavy atom. The molecule has 1 atom stereocenters. The summed E-state index contributed by atoms with van der Waals surface area (Å²) < 4.78 is 68.8. The first kappa shape index (κ1) is 25.8. The van der Waals surface area contributed by atoms with Crippen LogP contribution in [0, 0.1) is 24.4 Å². The lowest BCUT2D eigenvalue weighted by Crippen LogP contribution is -2.52. The van der Waals surface area contributed by atoms with Crippen molar-refractivity contribution in [1.82, 2.24) is 10.0 Å². The topological polar surface area (TPSA) is 95.6 Å². The van der Waals surface area contributed by atoms with Crippen molar-refractivity contribution in [3.63, 3.8) is 0 Å². The number of anilines is 1. The van der Waals surface area contributed by atoms with E-state index in [9.17, 15) is 31.2 Å². The molecule has 0 heterocycles. The van der Waals surface area contributed by atoms with Crippen LogP contribution in [0.5, 0.6) is 0 Å². The van der Waals surface area contributed by atoms with E-state index in [2.05, 4.69) is 5.32 Å². The number of halogens is 3. The quantitative estimate of drug-likeness (QED) is 0.512. The fourth-order valence-electron chi connectivity index (χ4n) is 3.46. The summed E-state index contributed by atoms with van der Waals surface area (Å²) in [5, 5.41) is 2.23. The molecule has 11 heteroatoms. The molecule has 3 aromatic carbocycles. The van der Waals surface area contributed by atoms with Crippen LogP contribution in [0.15, 0.2) is 71.6 Å². The highest BCUT2D eigenvalue weighted by Crippen LogP contribution is 2.20. The van der Waals surface area contributed by atoms with Gasteiger partial charge in [-0.05, 0) is 48.4 Å². The van der Waals surface area contributed by atoms with E-state index in [1.165, 1.54) is 37.4 Å². The number of para-hydroxylation sites is 1.